The molecule has 1 unspecified atom stereocenters. The Labute approximate surface area is 214 Å². The third-order valence-corrected chi connectivity index (χ3v) is 5.82. The van der Waals surface area contributed by atoms with Gasteiger partial charge in [-0.1, -0.05) is 38.1 Å². The van der Waals surface area contributed by atoms with Gasteiger partial charge in [-0.25, -0.2) is 0 Å². The number of hydrogen-bond acceptors (Lipinski definition) is 4. The number of nitrogens with zero attached hydrogens (tertiary/aromatic N) is 1. The molecule has 0 saturated carbocycles. The van der Waals surface area contributed by atoms with Crippen LogP contribution in [0.15, 0.2) is 42.5 Å². The zero-order valence-electron chi connectivity index (χ0n) is 23.5. The summed E-state index contributed by atoms with van der Waals surface area (Å²) in [5.74, 6) is 1.99. The van der Waals surface area contributed by atoms with Gasteiger partial charge in [0.15, 0.2) is 0 Å². The number of hydrogen-bond donors (Lipinski definition) is 0. The minimum absolute atomic E-state index is 0.115. The predicted molar refractivity (Wildman–Crippen MR) is 147 cm³/mol. The van der Waals surface area contributed by atoms with Crippen LogP contribution in [0.4, 0.5) is 0 Å². The Kier molecular flexibility index (Phi) is 10.4. The minimum Gasteiger partial charge on any atom is -0.488 e. The quantitative estimate of drug-likeness (QED) is 0.296. The Morgan fingerprint density at radius 1 is 0.914 bits per heavy atom. The van der Waals surface area contributed by atoms with E-state index in [0.717, 1.165) is 61.3 Å². The van der Waals surface area contributed by atoms with E-state index in [0.29, 0.717) is 0 Å². The molecule has 35 heavy (non-hydrogen) atoms. The molecular weight excluding hydrogens is 434 g/mol. The van der Waals surface area contributed by atoms with E-state index in [1.54, 1.807) is 0 Å². The maximum absolute atomic E-state index is 12.1. The van der Waals surface area contributed by atoms with Crippen LogP contribution in [0.2, 0.25) is 0 Å². The molecule has 0 bridgehead atoms. The first-order valence-electron chi connectivity index (χ1n) is 13.0. The average Bonchev–Trinajstić information content (AvgIpc) is 2.73. The van der Waals surface area contributed by atoms with Crippen LogP contribution in [0.3, 0.4) is 0 Å². The van der Waals surface area contributed by atoms with Crippen molar-refractivity contribution < 1.29 is 14.3 Å². The maximum atomic E-state index is 12.1. The molecule has 0 radical (unpaired) electrons. The Morgan fingerprint density at radius 2 is 1.57 bits per heavy atom. The Bertz CT molecular complexity index is 937. The summed E-state index contributed by atoms with van der Waals surface area (Å²) >= 11 is 0. The molecule has 4 nitrogen and oxygen atoms in total. The summed E-state index contributed by atoms with van der Waals surface area (Å²) in [7, 11) is 2.16. The summed E-state index contributed by atoms with van der Waals surface area (Å²) in [6.07, 6.45) is 3.89. The van der Waals surface area contributed by atoms with Gasteiger partial charge in [0.2, 0.25) is 0 Å². The highest BCUT2D eigenvalue weighted by Gasteiger charge is 2.23. The third kappa shape index (κ3) is 10.0. The molecule has 2 rings (SSSR count). The molecular formula is C31H47NO3. The van der Waals surface area contributed by atoms with Gasteiger partial charge >= 0.3 is 0 Å². The first-order valence-corrected chi connectivity index (χ1v) is 13.0. The van der Waals surface area contributed by atoms with Crippen LogP contribution in [0.1, 0.15) is 96.8 Å². The molecule has 0 aliphatic rings. The molecule has 0 aliphatic heterocycles. The van der Waals surface area contributed by atoms with E-state index >= 15 is 0 Å². The van der Waals surface area contributed by atoms with Crippen LogP contribution in [0.25, 0.3) is 0 Å². The average molecular weight is 482 g/mol. The largest absolute Gasteiger partial charge is 0.488 e. The fraction of sp³-hybridized carbons (Fsp3) is 0.581. The van der Waals surface area contributed by atoms with Gasteiger partial charge in [0.05, 0.1) is 0 Å². The number of rotatable bonds is 12. The molecule has 0 saturated heterocycles. The Hall–Kier alpha value is -2.33. The highest BCUT2D eigenvalue weighted by atomic mass is 16.5. The van der Waals surface area contributed by atoms with Crippen molar-refractivity contribution in [3.05, 3.63) is 59.2 Å². The van der Waals surface area contributed by atoms with Crippen LogP contribution < -0.4 is 9.47 Å². The molecule has 0 fully saturated rings. The van der Waals surface area contributed by atoms with Gasteiger partial charge in [-0.3, -0.25) is 0 Å². The Balaban J connectivity index is 1.96. The second-order valence-corrected chi connectivity index (χ2v) is 11.9. The Morgan fingerprint density at radius 3 is 2.17 bits per heavy atom. The lowest BCUT2D eigenvalue weighted by Crippen LogP contribution is -2.24. The van der Waals surface area contributed by atoms with Crippen LogP contribution in [0, 0.1) is 0 Å². The summed E-state index contributed by atoms with van der Waals surface area (Å²) in [4.78, 5) is 14.5. The first-order chi connectivity index (χ1) is 16.3. The highest BCUT2D eigenvalue weighted by Crippen LogP contribution is 2.36. The predicted octanol–water partition coefficient (Wildman–Crippen LogP) is 7.40. The molecule has 0 aromatic heterocycles. The second kappa shape index (κ2) is 12.6. The number of carbonyl (C=O) groups excluding carboxylic acids is 1. The lowest BCUT2D eigenvalue weighted by Gasteiger charge is -2.27. The van der Waals surface area contributed by atoms with Gasteiger partial charge in [-0.05, 0) is 110 Å². The topological polar surface area (TPSA) is 38.8 Å². The van der Waals surface area contributed by atoms with Crippen molar-refractivity contribution in [2.45, 2.75) is 97.7 Å². The van der Waals surface area contributed by atoms with Crippen molar-refractivity contribution in [3.8, 4) is 11.5 Å². The molecule has 4 heteroatoms. The van der Waals surface area contributed by atoms with Crippen LogP contribution in [-0.2, 0) is 11.2 Å². The smallest absolute Gasteiger partial charge is 0.127 e. The number of aldehydes is 1. The van der Waals surface area contributed by atoms with Gasteiger partial charge in [-0.15, -0.1) is 0 Å². The van der Waals surface area contributed by atoms with Crippen molar-refractivity contribution in [2.75, 3.05) is 20.1 Å². The first kappa shape index (κ1) is 28.9. The molecule has 0 N–H and O–H groups in total. The van der Waals surface area contributed by atoms with Crippen molar-refractivity contribution in [1.82, 2.24) is 4.90 Å². The SMILES string of the molecule is CC(C)c1c(OC(C)(C)C)cccc1C(C=O)CCCN(C)CCc1cccc(OC(C)(C)C)c1. The van der Waals surface area contributed by atoms with E-state index in [4.69, 9.17) is 9.47 Å². The van der Waals surface area contributed by atoms with Gasteiger partial charge in [0.25, 0.3) is 0 Å². The molecule has 2 aromatic carbocycles. The summed E-state index contributed by atoms with van der Waals surface area (Å²) < 4.78 is 12.2. The second-order valence-electron chi connectivity index (χ2n) is 11.9. The van der Waals surface area contributed by atoms with Crippen LogP contribution in [0.5, 0.6) is 11.5 Å². The molecule has 194 valence electrons. The third-order valence-electron chi connectivity index (χ3n) is 5.82. The molecule has 0 heterocycles. The number of likely N-dealkylation sites (N-methyl/N-ethyl adjacent to an activating group) is 1. The molecule has 0 aliphatic carbocycles. The molecule has 1 atom stereocenters. The zero-order valence-corrected chi connectivity index (χ0v) is 23.5. The fourth-order valence-corrected chi connectivity index (χ4v) is 4.35. The summed E-state index contributed by atoms with van der Waals surface area (Å²) in [6.45, 7) is 18.7. The lowest BCUT2D eigenvalue weighted by molar-refractivity contribution is -0.109. The molecule has 0 spiro atoms. The lowest BCUT2D eigenvalue weighted by atomic mass is 9.86. The van der Waals surface area contributed by atoms with Crippen molar-refractivity contribution in [2.24, 2.45) is 0 Å². The van der Waals surface area contributed by atoms with Gasteiger partial charge in [0.1, 0.15) is 29.0 Å². The number of benzene rings is 2. The summed E-state index contributed by atoms with van der Waals surface area (Å²) in [6, 6.07) is 14.5. The molecule has 0 amide bonds. The van der Waals surface area contributed by atoms with Gasteiger partial charge in [0, 0.05) is 18.0 Å². The minimum atomic E-state index is -0.278. The van der Waals surface area contributed by atoms with E-state index in [9.17, 15) is 4.79 Å². The van der Waals surface area contributed by atoms with E-state index in [2.05, 4.69) is 91.6 Å². The monoisotopic (exact) mass is 481 g/mol. The van der Waals surface area contributed by atoms with Gasteiger partial charge in [-0.2, -0.15) is 0 Å². The van der Waals surface area contributed by atoms with E-state index in [1.807, 2.05) is 18.2 Å². The van der Waals surface area contributed by atoms with E-state index < -0.39 is 0 Å². The van der Waals surface area contributed by atoms with E-state index in [1.165, 1.54) is 5.56 Å². The molecule has 2 aromatic rings. The summed E-state index contributed by atoms with van der Waals surface area (Å²) in [5.41, 5.74) is 3.07. The standard InChI is InChI=1S/C31H47NO3/c1-23(2)29-27(16-11-17-28(29)35-31(6,7)8)25(22-33)14-12-19-32(9)20-18-24-13-10-15-26(21-24)34-30(3,4)5/h10-11,13,15-17,21-23,25H,12,14,18-20H2,1-9H3. The van der Waals surface area contributed by atoms with Crippen molar-refractivity contribution in [3.63, 3.8) is 0 Å². The highest BCUT2D eigenvalue weighted by molar-refractivity contribution is 5.65. The normalized spacial score (nSPS) is 13.2. The van der Waals surface area contributed by atoms with Crippen LogP contribution in [-0.4, -0.2) is 42.5 Å². The number of carbonyl (C=O) groups is 1. The maximum Gasteiger partial charge on any atom is 0.127 e. The van der Waals surface area contributed by atoms with Crippen LogP contribution >= 0.6 is 0 Å². The van der Waals surface area contributed by atoms with Crippen molar-refractivity contribution >= 4 is 6.29 Å². The summed E-state index contributed by atoms with van der Waals surface area (Å²) in [5, 5.41) is 0. The van der Waals surface area contributed by atoms with Crippen molar-refractivity contribution in [1.29, 1.82) is 0 Å². The van der Waals surface area contributed by atoms with Gasteiger partial charge < -0.3 is 19.2 Å². The zero-order chi connectivity index (χ0) is 26.2. The van der Waals surface area contributed by atoms with E-state index in [-0.39, 0.29) is 23.0 Å². The fourth-order valence-electron chi connectivity index (χ4n) is 4.35. The number of ether oxygens (including phenoxy) is 2.